The Bertz CT molecular complexity index is 589. The van der Waals surface area contributed by atoms with Gasteiger partial charge in [-0.15, -0.1) is 10.2 Å². The Morgan fingerprint density at radius 3 is 2.79 bits per heavy atom. The second kappa shape index (κ2) is 4.70. The van der Waals surface area contributed by atoms with E-state index in [2.05, 4.69) is 31.0 Å². The van der Waals surface area contributed by atoms with Gasteiger partial charge < -0.3 is 9.52 Å². The van der Waals surface area contributed by atoms with E-state index in [1.165, 1.54) is 0 Å². The van der Waals surface area contributed by atoms with E-state index in [0.717, 1.165) is 10.0 Å². The molecule has 1 saturated heterocycles. The van der Waals surface area contributed by atoms with Crippen LogP contribution in [0.5, 0.6) is 0 Å². The smallest absolute Gasteiger partial charge is 0.248 e. The Balaban J connectivity index is 1.72. The van der Waals surface area contributed by atoms with Gasteiger partial charge in [-0.05, 0) is 35.0 Å². The van der Waals surface area contributed by atoms with E-state index in [4.69, 9.17) is 4.42 Å². The number of aromatic nitrogens is 2. The number of rotatable bonds is 3. The largest absolute Gasteiger partial charge is 0.419 e. The van der Waals surface area contributed by atoms with E-state index in [1.54, 1.807) is 0 Å². The van der Waals surface area contributed by atoms with Crippen molar-refractivity contribution in [1.29, 1.82) is 0 Å². The average Bonchev–Trinajstić information content (AvgIpc) is 2.75. The van der Waals surface area contributed by atoms with Gasteiger partial charge in [0.15, 0.2) is 0 Å². The van der Waals surface area contributed by atoms with E-state index in [0.29, 0.717) is 31.4 Å². The highest BCUT2D eigenvalue weighted by molar-refractivity contribution is 9.10. The second-order valence-electron chi connectivity index (χ2n) is 5.12. The van der Waals surface area contributed by atoms with Gasteiger partial charge in [0.2, 0.25) is 11.8 Å². The van der Waals surface area contributed by atoms with Gasteiger partial charge in [-0.25, -0.2) is 0 Å². The summed E-state index contributed by atoms with van der Waals surface area (Å²) in [5, 5.41) is 17.8. The summed E-state index contributed by atoms with van der Waals surface area (Å²) in [6.07, 6.45) is 0. The lowest BCUT2D eigenvalue weighted by Crippen LogP contribution is -2.59. The molecule has 0 bridgehead atoms. The standard InChI is InChI=1S/C13H14BrN3O2/c1-13(18)7-17(8-13)6-11-15-16-12(19-11)9-4-2-3-5-10(9)14/h2-5,18H,6-8H2,1H3. The van der Waals surface area contributed by atoms with Crippen LogP contribution in [0.15, 0.2) is 33.2 Å². The zero-order chi connectivity index (χ0) is 13.5. The highest BCUT2D eigenvalue weighted by atomic mass is 79.9. The fourth-order valence-electron chi connectivity index (χ4n) is 2.28. The first-order chi connectivity index (χ1) is 9.03. The van der Waals surface area contributed by atoms with Crippen LogP contribution in [0.4, 0.5) is 0 Å². The molecule has 1 aliphatic heterocycles. The Labute approximate surface area is 119 Å². The number of likely N-dealkylation sites (tertiary alicyclic amines) is 1. The van der Waals surface area contributed by atoms with Gasteiger partial charge in [-0.1, -0.05) is 12.1 Å². The quantitative estimate of drug-likeness (QED) is 0.936. The van der Waals surface area contributed by atoms with E-state index in [1.807, 2.05) is 31.2 Å². The topological polar surface area (TPSA) is 62.4 Å². The van der Waals surface area contributed by atoms with Crippen molar-refractivity contribution >= 4 is 15.9 Å². The lowest BCUT2D eigenvalue weighted by atomic mass is 9.97. The van der Waals surface area contributed by atoms with Gasteiger partial charge in [-0.2, -0.15) is 0 Å². The predicted molar refractivity (Wildman–Crippen MR) is 73.3 cm³/mol. The first kappa shape index (κ1) is 12.8. The van der Waals surface area contributed by atoms with Crippen molar-refractivity contribution in [2.24, 2.45) is 0 Å². The first-order valence-corrected chi connectivity index (χ1v) is 6.85. The minimum absolute atomic E-state index is 0.509. The van der Waals surface area contributed by atoms with Crippen molar-refractivity contribution in [1.82, 2.24) is 15.1 Å². The SMILES string of the molecule is CC1(O)CN(Cc2nnc(-c3ccccc3Br)o2)C1. The summed E-state index contributed by atoms with van der Waals surface area (Å²) in [5.41, 5.74) is 0.308. The average molecular weight is 324 g/mol. The van der Waals surface area contributed by atoms with Crippen LogP contribution in [0.25, 0.3) is 11.5 Å². The van der Waals surface area contributed by atoms with Crippen LogP contribution in [0.1, 0.15) is 12.8 Å². The molecule has 1 aliphatic rings. The molecule has 0 amide bonds. The minimum Gasteiger partial charge on any atom is -0.419 e. The number of halogens is 1. The van der Waals surface area contributed by atoms with Crippen molar-refractivity contribution in [2.75, 3.05) is 13.1 Å². The van der Waals surface area contributed by atoms with Gasteiger partial charge in [0, 0.05) is 17.6 Å². The molecule has 1 aromatic heterocycles. The van der Waals surface area contributed by atoms with Crippen LogP contribution in [0.3, 0.4) is 0 Å². The van der Waals surface area contributed by atoms with Gasteiger partial charge in [0.1, 0.15) is 0 Å². The zero-order valence-corrected chi connectivity index (χ0v) is 12.1. The number of hydrogen-bond acceptors (Lipinski definition) is 5. The van der Waals surface area contributed by atoms with Gasteiger partial charge in [-0.3, -0.25) is 4.90 Å². The molecule has 19 heavy (non-hydrogen) atoms. The fourth-order valence-corrected chi connectivity index (χ4v) is 2.74. The van der Waals surface area contributed by atoms with Crippen LogP contribution in [-0.4, -0.2) is 38.9 Å². The van der Waals surface area contributed by atoms with E-state index in [9.17, 15) is 5.11 Å². The van der Waals surface area contributed by atoms with Crippen molar-refractivity contribution in [3.8, 4) is 11.5 Å². The highest BCUT2D eigenvalue weighted by Crippen LogP contribution is 2.27. The third-order valence-corrected chi connectivity index (χ3v) is 3.75. The minimum atomic E-state index is -0.578. The second-order valence-corrected chi connectivity index (χ2v) is 5.98. The molecular formula is C13H14BrN3O2. The van der Waals surface area contributed by atoms with Crippen molar-refractivity contribution < 1.29 is 9.52 Å². The Kier molecular flexibility index (Phi) is 3.16. The van der Waals surface area contributed by atoms with Crippen LogP contribution in [0, 0.1) is 0 Å². The summed E-state index contributed by atoms with van der Waals surface area (Å²) in [5.74, 6) is 1.08. The van der Waals surface area contributed by atoms with Gasteiger partial charge in [0.05, 0.1) is 17.7 Å². The monoisotopic (exact) mass is 323 g/mol. The van der Waals surface area contributed by atoms with Crippen molar-refractivity contribution in [3.05, 3.63) is 34.6 Å². The molecule has 0 radical (unpaired) electrons. The summed E-state index contributed by atoms with van der Waals surface area (Å²) in [6.45, 7) is 3.68. The van der Waals surface area contributed by atoms with E-state index in [-0.39, 0.29) is 0 Å². The van der Waals surface area contributed by atoms with Crippen LogP contribution >= 0.6 is 15.9 Å². The molecule has 3 rings (SSSR count). The molecular weight excluding hydrogens is 310 g/mol. The molecule has 6 heteroatoms. The molecule has 5 nitrogen and oxygen atoms in total. The molecule has 0 atom stereocenters. The Morgan fingerprint density at radius 2 is 2.11 bits per heavy atom. The Hall–Kier alpha value is -1.24. The molecule has 2 aromatic rings. The molecule has 1 fully saturated rings. The normalized spacial score (nSPS) is 18.3. The van der Waals surface area contributed by atoms with Crippen LogP contribution in [0.2, 0.25) is 0 Å². The number of benzene rings is 1. The summed E-state index contributed by atoms with van der Waals surface area (Å²) in [7, 11) is 0. The lowest BCUT2D eigenvalue weighted by Gasteiger charge is -2.43. The maximum atomic E-state index is 9.67. The maximum absolute atomic E-state index is 9.67. The molecule has 0 spiro atoms. The number of hydrogen-bond donors (Lipinski definition) is 1. The summed E-state index contributed by atoms with van der Waals surface area (Å²) in [6, 6.07) is 7.73. The van der Waals surface area contributed by atoms with E-state index >= 15 is 0 Å². The molecule has 2 heterocycles. The predicted octanol–water partition coefficient (Wildman–Crippen LogP) is 2.07. The van der Waals surface area contributed by atoms with Crippen LogP contribution < -0.4 is 0 Å². The number of aliphatic hydroxyl groups is 1. The molecule has 0 saturated carbocycles. The molecule has 0 aliphatic carbocycles. The molecule has 1 aromatic carbocycles. The summed E-state index contributed by atoms with van der Waals surface area (Å²) >= 11 is 3.46. The highest BCUT2D eigenvalue weighted by Gasteiger charge is 2.37. The van der Waals surface area contributed by atoms with Crippen LogP contribution in [-0.2, 0) is 6.54 Å². The summed E-state index contributed by atoms with van der Waals surface area (Å²) in [4.78, 5) is 2.07. The first-order valence-electron chi connectivity index (χ1n) is 6.05. The van der Waals surface area contributed by atoms with Gasteiger partial charge in [0.25, 0.3) is 0 Å². The lowest BCUT2D eigenvalue weighted by molar-refractivity contribution is -0.0896. The van der Waals surface area contributed by atoms with Crippen molar-refractivity contribution in [2.45, 2.75) is 19.1 Å². The molecule has 100 valence electrons. The summed E-state index contributed by atoms with van der Waals surface area (Å²) < 4.78 is 6.58. The Morgan fingerprint density at radius 1 is 1.37 bits per heavy atom. The maximum Gasteiger partial charge on any atom is 0.248 e. The van der Waals surface area contributed by atoms with Crippen molar-refractivity contribution in [3.63, 3.8) is 0 Å². The zero-order valence-electron chi connectivity index (χ0n) is 10.5. The number of nitrogens with zero attached hydrogens (tertiary/aromatic N) is 3. The number of β-amino-alcohol motifs (C(OH)–C–C–N with tert-alkyl or cyclic N) is 1. The van der Waals surface area contributed by atoms with Gasteiger partial charge >= 0.3 is 0 Å². The fraction of sp³-hybridized carbons (Fsp3) is 0.385. The molecule has 0 unspecified atom stereocenters. The third-order valence-electron chi connectivity index (χ3n) is 3.06. The molecule has 1 N–H and O–H groups in total. The third kappa shape index (κ3) is 2.70. The van der Waals surface area contributed by atoms with E-state index < -0.39 is 5.60 Å².